The maximum Gasteiger partial charge on any atom is 0.311 e. The molecular weight excluding hydrogens is 307 g/mol. The first-order chi connectivity index (χ1) is 10.8. The van der Waals surface area contributed by atoms with Gasteiger partial charge in [0.1, 0.15) is 5.82 Å². The molecule has 2 rings (SSSR count). The largest absolute Gasteiger partial charge is 0.474 e. The second kappa shape index (κ2) is 6.91. The highest BCUT2D eigenvalue weighted by molar-refractivity contribution is 5.81. The minimum atomic E-state index is -0.965. The quantitative estimate of drug-likeness (QED) is 0.625. The van der Waals surface area contributed by atoms with Crippen LogP contribution in [0.2, 0.25) is 0 Å². The number of ether oxygens (including phenoxy) is 2. The Labute approximate surface area is 133 Å². The second-order valence-electron chi connectivity index (χ2n) is 5.63. The van der Waals surface area contributed by atoms with E-state index in [1.807, 2.05) is 13.8 Å². The van der Waals surface area contributed by atoms with E-state index in [9.17, 15) is 19.3 Å². The third-order valence-electron chi connectivity index (χ3n) is 3.50. The lowest BCUT2D eigenvalue weighted by atomic mass is 10.2. The summed E-state index contributed by atoms with van der Waals surface area (Å²) in [5.74, 6) is -1.24. The average Bonchev–Trinajstić information content (AvgIpc) is 2.45. The number of hydrogen-bond acceptors (Lipinski definition) is 5. The van der Waals surface area contributed by atoms with Crippen LogP contribution in [-0.2, 0) is 9.53 Å². The van der Waals surface area contributed by atoms with Gasteiger partial charge in [0.15, 0.2) is 6.10 Å². The Kier molecular flexibility index (Phi) is 5.15. The van der Waals surface area contributed by atoms with Crippen molar-refractivity contribution >= 4 is 11.6 Å². The number of amides is 1. The fourth-order valence-electron chi connectivity index (χ4n) is 2.59. The van der Waals surface area contributed by atoms with Crippen LogP contribution in [0.3, 0.4) is 0 Å². The number of rotatable bonds is 4. The van der Waals surface area contributed by atoms with Gasteiger partial charge in [-0.25, -0.2) is 4.39 Å². The van der Waals surface area contributed by atoms with Crippen molar-refractivity contribution in [3.05, 3.63) is 34.1 Å². The number of carbonyl (C=O) groups excluding carboxylic acids is 1. The normalized spacial score (nSPS) is 22.5. The van der Waals surface area contributed by atoms with Crippen LogP contribution < -0.4 is 4.74 Å². The lowest BCUT2D eigenvalue weighted by Crippen LogP contribution is -2.51. The molecule has 1 aliphatic heterocycles. The van der Waals surface area contributed by atoms with E-state index < -0.39 is 16.8 Å². The minimum Gasteiger partial charge on any atom is -0.474 e. The van der Waals surface area contributed by atoms with Gasteiger partial charge in [-0.3, -0.25) is 14.9 Å². The fourth-order valence-corrected chi connectivity index (χ4v) is 2.59. The van der Waals surface area contributed by atoms with E-state index in [0.717, 1.165) is 18.2 Å². The van der Waals surface area contributed by atoms with Crippen molar-refractivity contribution < 1.29 is 23.6 Å². The average molecular weight is 326 g/mol. The van der Waals surface area contributed by atoms with Crippen molar-refractivity contribution in [2.45, 2.75) is 39.1 Å². The van der Waals surface area contributed by atoms with Gasteiger partial charge in [-0.15, -0.1) is 0 Å². The molecule has 1 fully saturated rings. The number of nitro benzene ring substituents is 1. The SMILES string of the molecule is CC1CN(C(=O)C(C)Oc2cc(F)ccc2[N+](=O)[O-])CC(C)O1. The van der Waals surface area contributed by atoms with E-state index in [0.29, 0.717) is 13.1 Å². The van der Waals surface area contributed by atoms with E-state index in [1.165, 1.54) is 6.92 Å². The third kappa shape index (κ3) is 4.16. The molecule has 0 radical (unpaired) electrons. The molecule has 3 atom stereocenters. The van der Waals surface area contributed by atoms with Crippen molar-refractivity contribution in [3.63, 3.8) is 0 Å². The van der Waals surface area contributed by atoms with Gasteiger partial charge in [0.2, 0.25) is 5.75 Å². The summed E-state index contributed by atoms with van der Waals surface area (Å²) in [6.07, 6.45) is -1.16. The monoisotopic (exact) mass is 326 g/mol. The molecule has 1 aliphatic rings. The molecule has 1 aromatic carbocycles. The highest BCUT2D eigenvalue weighted by Crippen LogP contribution is 2.28. The van der Waals surface area contributed by atoms with Gasteiger partial charge in [0, 0.05) is 25.2 Å². The molecule has 1 heterocycles. The zero-order chi connectivity index (χ0) is 17.1. The first-order valence-corrected chi connectivity index (χ1v) is 7.32. The van der Waals surface area contributed by atoms with E-state index >= 15 is 0 Å². The van der Waals surface area contributed by atoms with Crippen molar-refractivity contribution in [2.75, 3.05) is 13.1 Å². The Hall–Kier alpha value is -2.22. The van der Waals surface area contributed by atoms with Crippen LogP contribution in [0.1, 0.15) is 20.8 Å². The molecule has 0 spiro atoms. The van der Waals surface area contributed by atoms with Gasteiger partial charge in [-0.2, -0.15) is 0 Å². The van der Waals surface area contributed by atoms with Crippen molar-refractivity contribution in [3.8, 4) is 5.75 Å². The van der Waals surface area contributed by atoms with Crippen molar-refractivity contribution in [1.82, 2.24) is 4.90 Å². The molecule has 126 valence electrons. The molecule has 1 aromatic rings. The minimum absolute atomic E-state index is 0.0987. The van der Waals surface area contributed by atoms with E-state index in [1.54, 1.807) is 4.90 Å². The maximum atomic E-state index is 13.3. The molecule has 8 heteroatoms. The molecule has 1 amide bonds. The summed E-state index contributed by atoms with van der Waals surface area (Å²) in [6.45, 7) is 6.05. The van der Waals surface area contributed by atoms with E-state index in [2.05, 4.69) is 0 Å². The lowest BCUT2D eigenvalue weighted by molar-refractivity contribution is -0.386. The van der Waals surface area contributed by atoms with Crippen LogP contribution in [-0.4, -0.2) is 47.1 Å². The number of benzene rings is 1. The molecular formula is C15H19FN2O5. The van der Waals surface area contributed by atoms with Crippen LogP contribution in [0, 0.1) is 15.9 Å². The molecule has 3 unspecified atom stereocenters. The van der Waals surface area contributed by atoms with Crippen LogP contribution in [0.25, 0.3) is 0 Å². The van der Waals surface area contributed by atoms with E-state index in [-0.39, 0.29) is 29.6 Å². The van der Waals surface area contributed by atoms with Crippen molar-refractivity contribution in [2.24, 2.45) is 0 Å². The zero-order valence-corrected chi connectivity index (χ0v) is 13.2. The second-order valence-corrected chi connectivity index (χ2v) is 5.63. The van der Waals surface area contributed by atoms with Crippen LogP contribution >= 0.6 is 0 Å². The third-order valence-corrected chi connectivity index (χ3v) is 3.50. The fraction of sp³-hybridized carbons (Fsp3) is 0.533. The van der Waals surface area contributed by atoms with Gasteiger partial charge in [0.25, 0.3) is 5.91 Å². The summed E-state index contributed by atoms with van der Waals surface area (Å²) >= 11 is 0. The Morgan fingerprint density at radius 2 is 2.04 bits per heavy atom. The lowest BCUT2D eigenvalue weighted by Gasteiger charge is -2.36. The Morgan fingerprint density at radius 1 is 1.43 bits per heavy atom. The summed E-state index contributed by atoms with van der Waals surface area (Å²) in [5, 5.41) is 11.0. The Balaban J connectivity index is 2.12. The summed E-state index contributed by atoms with van der Waals surface area (Å²) in [7, 11) is 0. The molecule has 0 N–H and O–H groups in total. The smallest absolute Gasteiger partial charge is 0.311 e. The summed E-state index contributed by atoms with van der Waals surface area (Å²) < 4.78 is 24.2. The number of nitro groups is 1. The molecule has 23 heavy (non-hydrogen) atoms. The van der Waals surface area contributed by atoms with Crippen LogP contribution in [0.5, 0.6) is 5.75 Å². The number of hydrogen-bond donors (Lipinski definition) is 0. The van der Waals surface area contributed by atoms with Crippen LogP contribution in [0.4, 0.5) is 10.1 Å². The predicted octanol–water partition coefficient (Wildman–Crippen LogP) is 2.14. The number of nitrogens with zero attached hydrogens (tertiary/aromatic N) is 2. The topological polar surface area (TPSA) is 81.9 Å². The molecule has 1 saturated heterocycles. The highest BCUT2D eigenvalue weighted by atomic mass is 19.1. The van der Waals surface area contributed by atoms with Crippen molar-refractivity contribution in [1.29, 1.82) is 0 Å². The molecule has 7 nitrogen and oxygen atoms in total. The first kappa shape index (κ1) is 17.1. The Bertz CT molecular complexity index is 600. The number of halogens is 1. The molecule has 0 aromatic heterocycles. The maximum absolute atomic E-state index is 13.3. The van der Waals surface area contributed by atoms with Gasteiger partial charge >= 0.3 is 5.69 Å². The van der Waals surface area contributed by atoms with Gasteiger partial charge < -0.3 is 14.4 Å². The number of morpholine rings is 1. The standard InChI is InChI=1S/C15H19FN2O5/c1-9-7-17(8-10(2)22-9)15(19)11(3)23-14-6-12(16)4-5-13(14)18(20)21/h4-6,9-11H,7-8H2,1-3H3. The number of carbonyl (C=O) groups is 1. The Morgan fingerprint density at radius 3 is 2.61 bits per heavy atom. The molecule has 0 bridgehead atoms. The predicted molar refractivity (Wildman–Crippen MR) is 79.7 cm³/mol. The summed E-state index contributed by atoms with van der Waals surface area (Å²) in [4.78, 5) is 24.3. The van der Waals surface area contributed by atoms with Crippen LogP contribution in [0.15, 0.2) is 18.2 Å². The zero-order valence-electron chi connectivity index (χ0n) is 13.2. The summed E-state index contributed by atoms with van der Waals surface area (Å²) in [6, 6.07) is 2.90. The van der Waals surface area contributed by atoms with Gasteiger partial charge in [-0.05, 0) is 26.8 Å². The highest BCUT2D eigenvalue weighted by Gasteiger charge is 2.30. The summed E-state index contributed by atoms with van der Waals surface area (Å²) in [5.41, 5.74) is -0.380. The molecule has 0 saturated carbocycles. The molecule has 0 aliphatic carbocycles. The first-order valence-electron chi connectivity index (χ1n) is 7.32. The van der Waals surface area contributed by atoms with E-state index in [4.69, 9.17) is 9.47 Å². The van der Waals surface area contributed by atoms with Gasteiger partial charge in [0.05, 0.1) is 17.1 Å². The van der Waals surface area contributed by atoms with Gasteiger partial charge in [-0.1, -0.05) is 0 Å².